The summed E-state index contributed by atoms with van der Waals surface area (Å²) in [7, 11) is 0. The number of fused-ring (bicyclic) bond motifs is 1. The minimum absolute atomic E-state index is 0.107. The van der Waals surface area contributed by atoms with Crippen LogP contribution in [0.3, 0.4) is 0 Å². The number of nitrogens with zero attached hydrogens (tertiary/aromatic N) is 3. The molecule has 0 bridgehead atoms. The topological polar surface area (TPSA) is 37.6 Å². The number of carbonyl (C=O) groups is 1. The third kappa shape index (κ3) is 4.69. The van der Waals surface area contributed by atoms with Gasteiger partial charge in [0, 0.05) is 19.3 Å². The van der Waals surface area contributed by atoms with Gasteiger partial charge < -0.3 is 4.90 Å². The number of thioether (sulfide) groups is 1. The molecule has 0 saturated carbocycles. The molecule has 0 radical (unpaired) electrons. The molecule has 2 aromatic carbocycles. The van der Waals surface area contributed by atoms with E-state index in [1.54, 1.807) is 0 Å². The maximum absolute atomic E-state index is 13.4. The van der Waals surface area contributed by atoms with E-state index >= 15 is 0 Å². The zero-order valence-corrected chi connectivity index (χ0v) is 17.1. The molecular formula is C24H23N3OS. The fraction of sp³-hybridized carbons (Fsp3) is 0.167. The lowest BCUT2D eigenvalue weighted by Crippen LogP contribution is -2.35. The van der Waals surface area contributed by atoms with Crippen molar-refractivity contribution in [1.29, 1.82) is 0 Å². The molecule has 146 valence electrons. The van der Waals surface area contributed by atoms with Crippen molar-refractivity contribution in [3.8, 4) is 0 Å². The molecule has 1 unspecified atom stereocenters. The molecule has 5 heteroatoms. The van der Waals surface area contributed by atoms with E-state index in [0.29, 0.717) is 13.1 Å². The second kappa shape index (κ2) is 8.97. The van der Waals surface area contributed by atoms with E-state index in [-0.39, 0.29) is 11.2 Å². The van der Waals surface area contributed by atoms with E-state index in [1.807, 2.05) is 83.2 Å². The number of imidazole rings is 1. The van der Waals surface area contributed by atoms with Crippen LogP contribution in [0.5, 0.6) is 0 Å². The summed E-state index contributed by atoms with van der Waals surface area (Å²) < 4.78 is 2.02. The smallest absolute Gasteiger partial charge is 0.236 e. The maximum Gasteiger partial charge on any atom is 0.236 e. The van der Waals surface area contributed by atoms with Crippen LogP contribution in [0.4, 0.5) is 0 Å². The second-order valence-electron chi connectivity index (χ2n) is 6.96. The van der Waals surface area contributed by atoms with Crippen LogP contribution in [0, 0.1) is 0 Å². The summed E-state index contributed by atoms with van der Waals surface area (Å²) in [4.78, 5) is 19.8. The Balaban J connectivity index is 1.54. The maximum atomic E-state index is 13.4. The Hall–Kier alpha value is -3.05. The summed E-state index contributed by atoms with van der Waals surface area (Å²) >= 11 is 1.50. The number of aromatic nitrogens is 2. The third-order valence-corrected chi connectivity index (χ3v) is 5.85. The van der Waals surface area contributed by atoms with E-state index in [2.05, 4.69) is 29.2 Å². The molecule has 0 spiro atoms. The Labute approximate surface area is 175 Å². The van der Waals surface area contributed by atoms with Crippen LogP contribution in [0.15, 0.2) is 96.4 Å². The molecule has 4 nitrogen and oxygen atoms in total. The molecule has 2 aromatic heterocycles. The Morgan fingerprint density at radius 2 is 1.52 bits per heavy atom. The molecular weight excluding hydrogens is 378 g/mol. The van der Waals surface area contributed by atoms with E-state index in [4.69, 9.17) is 0 Å². The summed E-state index contributed by atoms with van der Waals surface area (Å²) in [6.45, 7) is 3.13. The monoisotopic (exact) mass is 401 g/mol. The van der Waals surface area contributed by atoms with E-state index < -0.39 is 0 Å². The first-order chi connectivity index (χ1) is 14.2. The number of amides is 1. The SMILES string of the molecule is CC(Sc1ncc2ccccn12)C(=O)N(Cc1ccccc1)Cc1ccccc1. The first-order valence-corrected chi connectivity index (χ1v) is 10.5. The molecule has 2 heterocycles. The van der Waals surface area contributed by atoms with Gasteiger partial charge in [-0.25, -0.2) is 4.98 Å². The van der Waals surface area contributed by atoms with E-state index in [1.165, 1.54) is 11.8 Å². The Morgan fingerprint density at radius 3 is 2.14 bits per heavy atom. The number of rotatable bonds is 7. The molecule has 0 aliphatic rings. The van der Waals surface area contributed by atoms with Gasteiger partial charge in [-0.1, -0.05) is 78.5 Å². The molecule has 4 aromatic rings. The molecule has 29 heavy (non-hydrogen) atoms. The van der Waals surface area contributed by atoms with Crippen LogP contribution in [0.2, 0.25) is 0 Å². The van der Waals surface area contributed by atoms with Crippen LogP contribution < -0.4 is 0 Å². The lowest BCUT2D eigenvalue weighted by Gasteiger charge is -2.26. The van der Waals surface area contributed by atoms with Crippen LogP contribution in [0.25, 0.3) is 5.52 Å². The number of benzene rings is 2. The van der Waals surface area contributed by atoms with Gasteiger partial charge in [-0.2, -0.15) is 0 Å². The van der Waals surface area contributed by atoms with Crippen molar-refractivity contribution < 1.29 is 4.79 Å². The van der Waals surface area contributed by atoms with Crippen molar-refractivity contribution >= 4 is 23.2 Å². The summed E-state index contributed by atoms with van der Waals surface area (Å²) in [5.41, 5.74) is 3.28. The van der Waals surface area contributed by atoms with Crippen molar-refractivity contribution in [2.24, 2.45) is 0 Å². The van der Waals surface area contributed by atoms with Gasteiger partial charge in [0.25, 0.3) is 0 Å². The van der Waals surface area contributed by atoms with Gasteiger partial charge in [-0.3, -0.25) is 9.20 Å². The molecule has 0 fully saturated rings. The highest BCUT2D eigenvalue weighted by atomic mass is 32.2. The largest absolute Gasteiger partial charge is 0.333 e. The van der Waals surface area contributed by atoms with Crippen molar-refractivity contribution in [2.75, 3.05) is 0 Å². The zero-order valence-electron chi connectivity index (χ0n) is 16.3. The summed E-state index contributed by atoms with van der Waals surface area (Å²) in [5.74, 6) is 0.107. The quantitative estimate of drug-likeness (QED) is 0.407. The van der Waals surface area contributed by atoms with E-state index in [9.17, 15) is 4.79 Å². The van der Waals surface area contributed by atoms with Crippen LogP contribution in [-0.4, -0.2) is 25.4 Å². The Kier molecular flexibility index (Phi) is 5.96. The van der Waals surface area contributed by atoms with Gasteiger partial charge in [0.1, 0.15) is 0 Å². The molecule has 0 N–H and O–H groups in total. The first-order valence-electron chi connectivity index (χ1n) is 9.66. The number of pyridine rings is 1. The number of hydrogen-bond acceptors (Lipinski definition) is 3. The van der Waals surface area contributed by atoms with Gasteiger partial charge >= 0.3 is 0 Å². The molecule has 4 rings (SSSR count). The molecule has 1 atom stereocenters. The molecule has 0 aliphatic heterocycles. The van der Waals surface area contributed by atoms with Crippen molar-refractivity contribution in [1.82, 2.24) is 14.3 Å². The average molecular weight is 402 g/mol. The fourth-order valence-electron chi connectivity index (χ4n) is 3.29. The van der Waals surface area contributed by atoms with Crippen molar-refractivity contribution in [2.45, 2.75) is 30.4 Å². The highest BCUT2D eigenvalue weighted by Crippen LogP contribution is 2.25. The summed E-state index contributed by atoms with van der Waals surface area (Å²) in [6.07, 6.45) is 3.82. The Bertz CT molecular complexity index is 1040. The average Bonchev–Trinajstić information content (AvgIpc) is 3.17. The summed E-state index contributed by atoms with van der Waals surface area (Å²) in [6, 6.07) is 26.2. The first kappa shape index (κ1) is 19.3. The Morgan fingerprint density at radius 1 is 0.931 bits per heavy atom. The van der Waals surface area contributed by atoms with Gasteiger partial charge in [0.15, 0.2) is 5.16 Å². The molecule has 1 amide bonds. The van der Waals surface area contributed by atoms with Gasteiger partial charge in [0.2, 0.25) is 5.91 Å². The van der Waals surface area contributed by atoms with Gasteiger partial charge in [-0.05, 0) is 30.2 Å². The van der Waals surface area contributed by atoms with E-state index in [0.717, 1.165) is 21.8 Å². The standard InChI is InChI=1S/C24H23N3OS/c1-19(29-24-25-16-22-14-8-9-15-27(22)24)23(28)26(17-20-10-4-2-5-11-20)18-21-12-6-3-7-13-21/h2-16,19H,17-18H2,1H3. The van der Waals surface area contributed by atoms with Crippen molar-refractivity contribution in [3.63, 3.8) is 0 Å². The van der Waals surface area contributed by atoms with Crippen molar-refractivity contribution in [3.05, 3.63) is 102 Å². The van der Waals surface area contributed by atoms with Crippen LogP contribution in [-0.2, 0) is 17.9 Å². The second-order valence-corrected chi connectivity index (χ2v) is 8.27. The van der Waals surface area contributed by atoms with Crippen LogP contribution in [0.1, 0.15) is 18.1 Å². The highest BCUT2D eigenvalue weighted by Gasteiger charge is 2.23. The number of carbonyl (C=O) groups excluding carboxylic acids is 1. The zero-order chi connectivity index (χ0) is 20.1. The van der Waals surface area contributed by atoms with Gasteiger partial charge in [0.05, 0.1) is 17.0 Å². The lowest BCUT2D eigenvalue weighted by molar-refractivity contribution is -0.131. The predicted octanol–water partition coefficient (Wildman–Crippen LogP) is 5.04. The number of hydrogen-bond donors (Lipinski definition) is 0. The third-order valence-electron chi connectivity index (χ3n) is 4.78. The predicted molar refractivity (Wildman–Crippen MR) is 118 cm³/mol. The lowest BCUT2D eigenvalue weighted by atomic mass is 10.1. The minimum atomic E-state index is -0.242. The summed E-state index contributed by atoms with van der Waals surface area (Å²) in [5, 5.41) is 0.592. The highest BCUT2D eigenvalue weighted by molar-refractivity contribution is 8.00. The fourth-order valence-corrected chi connectivity index (χ4v) is 4.25. The normalized spacial score (nSPS) is 12.0. The molecule has 0 aliphatic carbocycles. The van der Waals surface area contributed by atoms with Gasteiger partial charge in [-0.15, -0.1) is 0 Å². The minimum Gasteiger partial charge on any atom is -0.333 e. The van der Waals surface area contributed by atoms with Crippen LogP contribution >= 0.6 is 11.8 Å². The molecule has 0 saturated heterocycles.